The summed E-state index contributed by atoms with van der Waals surface area (Å²) in [6, 6.07) is 5.17. The average Bonchev–Trinajstić information content (AvgIpc) is 2.59. The number of aryl methyl sites for hydroxylation is 2. The number of hydrogen-bond donors (Lipinski definition) is 1. The Bertz CT molecular complexity index is 607. The summed E-state index contributed by atoms with van der Waals surface area (Å²) in [5, 5.41) is 5.87. The molecule has 1 heterocycles. The zero-order chi connectivity index (χ0) is 14.2. The van der Waals surface area contributed by atoms with Crippen molar-refractivity contribution in [2.75, 3.05) is 0 Å². The summed E-state index contributed by atoms with van der Waals surface area (Å²) >= 11 is 18.4. The van der Waals surface area contributed by atoms with Gasteiger partial charge >= 0.3 is 0 Å². The Balaban J connectivity index is 2.31. The molecular formula is C13H14Cl3N3. The minimum atomic E-state index is -0.272. The molecule has 0 saturated heterocycles. The number of nitrogens with two attached hydrogens (primary N) is 1. The molecule has 2 aromatic rings. The van der Waals surface area contributed by atoms with Crippen molar-refractivity contribution in [2.24, 2.45) is 12.8 Å². The van der Waals surface area contributed by atoms with Gasteiger partial charge in [-0.05, 0) is 25.0 Å². The van der Waals surface area contributed by atoms with Crippen molar-refractivity contribution in [3.8, 4) is 0 Å². The van der Waals surface area contributed by atoms with Gasteiger partial charge in [-0.2, -0.15) is 5.10 Å². The van der Waals surface area contributed by atoms with Crippen LogP contribution in [-0.4, -0.2) is 9.78 Å². The first-order chi connectivity index (χ1) is 8.91. The summed E-state index contributed by atoms with van der Waals surface area (Å²) in [7, 11) is 1.80. The minimum Gasteiger partial charge on any atom is -0.324 e. The zero-order valence-corrected chi connectivity index (χ0v) is 12.9. The highest BCUT2D eigenvalue weighted by molar-refractivity contribution is 6.42. The molecule has 0 spiro atoms. The van der Waals surface area contributed by atoms with E-state index in [0.29, 0.717) is 21.6 Å². The summed E-state index contributed by atoms with van der Waals surface area (Å²) in [4.78, 5) is 0. The van der Waals surface area contributed by atoms with Crippen LogP contribution in [0, 0.1) is 6.92 Å². The van der Waals surface area contributed by atoms with Crippen LogP contribution in [0.3, 0.4) is 0 Å². The van der Waals surface area contributed by atoms with E-state index in [2.05, 4.69) is 5.10 Å². The summed E-state index contributed by atoms with van der Waals surface area (Å²) in [5.41, 5.74) is 8.83. The van der Waals surface area contributed by atoms with E-state index in [1.54, 1.807) is 17.8 Å². The third kappa shape index (κ3) is 2.90. The molecule has 2 N–H and O–H groups in total. The van der Waals surface area contributed by atoms with Crippen LogP contribution in [0.4, 0.5) is 0 Å². The lowest BCUT2D eigenvalue weighted by Crippen LogP contribution is -2.14. The fraction of sp³-hybridized carbons (Fsp3) is 0.308. The molecule has 0 radical (unpaired) electrons. The summed E-state index contributed by atoms with van der Waals surface area (Å²) < 4.78 is 1.64. The van der Waals surface area contributed by atoms with E-state index in [1.807, 2.05) is 19.1 Å². The first-order valence-electron chi connectivity index (χ1n) is 5.79. The third-order valence-electron chi connectivity index (χ3n) is 3.07. The molecule has 0 fully saturated rings. The first-order valence-corrected chi connectivity index (χ1v) is 6.92. The highest BCUT2D eigenvalue weighted by atomic mass is 35.5. The van der Waals surface area contributed by atoms with Gasteiger partial charge in [0.25, 0.3) is 0 Å². The smallest absolute Gasteiger partial charge is 0.130 e. The number of halogens is 3. The molecule has 2 rings (SSSR count). The van der Waals surface area contributed by atoms with Gasteiger partial charge in [0.15, 0.2) is 0 Å². The van der Waals surface area contributed by atoms with Crippen molar-refractivity contribution in [2.45, 2.75) is 19.4 Å². The van der Waals surface area contributed by atoms with E-state index in [4.69, 9.17) is 40.5 Å². The maximum Gasteiger partial charge on any atom is 0.130 e. The predicted molar refractivity (Wildman–Crippen MR) is 80.0 cm³/mol. The van der Waals surface area contributed by atoms with Gasteiger partial charge < -0.3 is 5.73 Å². The molecule has 19 heavy (non-hydrogen) atoms. The Morgan fingerprint density at radius 2 is 2.00 bits per heavy atom. The van der Waals surface area contributed by atoms with E-state index in [-0.39, 0.29) is 6.04 Å². The lowest BCUT2D eigenvalue weighted by Gasteiger charge is -2.14. The predicted octanol–water partition coefficient (Wildman–Crippen LogP) is 3.93. The molecule has 1 unspecified atom stereocenters. The largest absolute Gasteiger partial charge is 0.324 e. The van der Waals surface area contributed by atoms with Crippen LogP contribution in [0.25, 0.3) is 0 Å². The van der Waals surface area contributed by atoms with Crippen LogP contribution >= 0.6 is 34.8 Å². The Hall–Kier alpha value is -0.740. The third-order valence-corrected chi connectivity index (χ3v) is 4.38. The fourth-order valence-corrected chi connectivity index (χ4v) is 2.74. The molecule has 6 heteroatoms. The highest BCUT2D eigenvalue weighted by Gasteiger charge is 2.18. The molecule has 3 nitrogen and oxygen atoms in total. The van der Waals surface area contributed by atoms with Gasteiger partial charge in [0.05, 0.1) is 15.7 Å². The van der Waals surface area contributed by atoms with Crippen LogP contribution in [-0.2, 0) is 13.5 Å². The fourth-order valence-electron chi connectivity index (χ4n) is 2.04. The first kappa shape index (κ1) is 14.7. The number of nitrogens with zero attached hydrogens (tertiary/aromatic N) is 2. The number of hydrogen-bond acceptors (Lipinski definition) is 2. The standard InChI is InChI=1S/C13H14Cl3N3/c1-7-9(13(16)19(2)18-7)6-11(17)8-4-3-5-10(14)12(8)15/h3-5,11H,6,17H2,1-2H3. The Morgan fingerprint density at radius 3 is 2.58 bits per heavy atom. The van der Waals surface area contributed by atoms with Crippen LogP contribution in [0.15, 0.2) is 18.2 Å². The molecule has 0 aliphatic heterocycles. The molecule has 0 aliphatic rings. The zero-order valence-electron chi connectivity index (χ0n) is 10.6. The summed E-state index contributed by atoms with van der Waals surface area (Å²) in [6.07, 6.45) is 0.568. The van der Waals surface area contributed by atoms with Gasteiger partial charge in [0, 0.05) is 18.7 Å². The monoisotopic (exact) mass is 317 g/mol. The lowest BCUT2D eigenvalue weighted by atomic mass is 10.00. The van der Waals surface area contributed by atoms with Crippen molar-refractivity contribution >= 4 is 34.8 Å². The Kier molecular flexibility index (Phi) is 4.41. The van der Waals surface area contributed by atoms with Crippen molar-refractivity contribution in [1.29, 1.82) is 0 Å². The second kappa shape index (κ2) is 5.71. The quantitative estimate of drug-likeness (QED) is 0.932. The maximum absolute atomic E-state index is 6.21. The van der Waals surface area contributed by atoms with Crippen LogP contribution in [0.2, 0.25) is 15.2 Å². The highest BCUT2D eigenvalue weighted by Crippen LogP contribution is 2.32. The normalized spacial score (nSPS) is 12.7. The van der Waals surface area contributed by atoms with Gasteiger partial charge in [-0.25, -0.2) is 0 Å². The van der Waals surface area contributed by atoms with Crippen molar-refractivity contribution in [3.05, 3.63) is 50.2 Å². The minimum absolute atomic E-state index is 0.272. The van der Waals surface area contributed by atoms with Crippen LogP contribution in [0.1, 0.15) is 22.9 Å². The topological polar surface area (TPSA) is 43.8 Å². The van der Waals surface area contributed by atoms with Crippen LogP contribution in [0.5, 0.6) is 0 Å². The summed E-state index contributed by atoms with van der Waals surface area (Å²) in [6.45, 7) is 1.91. The van der Waals surface area contributed by atoms with E-state index in [9.17, 15) is 0 Å². The van der Waals surface area contributed by atoms with Crippen LogP contribution < -0.4 is 5.73 Å². The number of benzene rings is 1. The van der Waals surface area contributed by atoms with Gasteiger partial charge in [-0.15, -0.1) is 0 Å². The molecular weight excluding hydrogens is 305 g/mol. The van der Waals surface area contributed by atoms with Crippen molar-refractivity contribution < 1.29 is 0 Å². The Labute approximate surface area is 127 Å². The molecule has 0 aliphatic carbocycles. The molecule has 1 atom stereocenters. The molecule has 1 aromatic carbocycles. The Morgan fingerprint density at radius 1 is 1.32 bits per heavy atom. The molecule has 0 saturated carbocycles. The number of aromatic nitrogens is 2. The molecule has 1 aromatic heterocycles. The second-order valence-corrected chi connectivity index (χ2v) is 5.58. The number of rotatable bonds is 3. The maximum atomic E-state index is 6.21. The average molecular weight is 319 g/mol. The van der Waals surface area contributed by atoms with Gasteiger partial charge in [-0.3, -0.25) is 4.68 Å². The van der Waals surface area contributed by atoms with Gasteiger partial charge in [0.2, 0.25) is 0 Å². The van der Waals surface area contributed by atoms with E-state index >= 15 is 0 Å². The SMILES string of the molecule is Cc1nn(C)c(Cl)c1CC(N)c1cccc(Cl)c1Cl. The van der Waals surface area contributed by atoms with E-state index < -0.39 is 0 Å². The molecule has 0 bridgehead atoms. The van der Waals surface area contributed by atoms with Crippen molar-refractivity contribution in [3.63, 3.8) is 0 Å². The van der Waals surface area contributed by atoms with Crippen molar-refractivity contribution in [1.82, 2.24) is 9.78 Å². The second-order valence-electron chi connectivity index (χ2n) is 4.43. The van der Waals surface area contributed by atoms with Gasteiger partial charge in [0.1, 0.15) is 5.15 Å². The van der Waals surface area contributed by atoms with Gasteiger partial charge in [-0.1, -0.05) is 46.9 Å². The molecule has 0 amide bonds. The van der Waals surface area contributed by atoms with E-state index in [0.717, 1.165) is 16.8 Å². The molecule has 102 valence electrons. The van der Waals surface area contributed by atoms with E-state index in [1.165, 1.54) is 0 Å². The lowest BCUT2D eigenvalue weighted by molar-refractivity contribution is 0.718. The summed E-state index contributed by atoms with van der Waals surface area (Å²) in [5.74, 6) is 0.